The van der Waals surface area contributed by atoms with Gasteiger partial charge in [-0.05, 0) is 75.8 Å². The van der Waals surface area contributed by atoms with Crippen LogP contribution in [-0.4, -0.2) is 66.4 Å². The van der Waals surface area contributed by atoms with E-state index in [9.17, 15) is 14.7 Å². The number of benzene rings is 2. The molecule has 2 aromatic rings. The van der Waals surface area contributed by atoms with Crippen LogP contribution in [0.4, 0.5) is 0 Å². The first kappa shape index (κ1) is 25.5. The number of nitrogens with one attached hydrogen (secondary N) is 3. The highest BCUT2D eigenvalue weighted by Crippen LogP contribution is 2.20. The lowest BCUT2D eigenvalue weighted by Gasteiger charge is -2.19. The summed E-state index contributed by atoms with van der Waals surface area (Å²) in [5.74, 6) is -1.40. The number of carbonyl (C=O) groups is 2. The molecular weight excluding hydrogens is 408 g/mol. The van der Waals surface area contributed by atoms with Crippen LogP contribution in [0, 0.1) is 0 Å². The van der Waals surface area contributed by atoms with Gasteiger partial charge in [-0.2, -0.15) is 0 Å². The van der Waals surface area contributed by atoms with Crippen molar-refractivity contribution in [3.63, 3.8) is 0 Å². The summed E-state index contributed by atoms with van der Waals surface area (Å²) >= 11 is 0. The number of aliphatic hydroxyl groups is 1. The zero-order chi connectivity index (χ0) is 23.5. The van der Waals surface area contributed by atoms with Crippen molar-refractivity contribution in [2.45, 2.75) is 38.5 Å². The molecule has 5 N–H and O–H groups in total. The molecule has 0 spiro atoms. The Labute approximate surface area is 189 Å². The lowest BCUT2D eigenvalue weighted by atomic mass is 10.0. The van der Waals surface area contributed by atoms with Gasteiger partial charge in [0.15, 0.2) is 0 Å². The van der Waals surface area contributed by atoms with Gasteiger partial charge in [-0.3, -0.25) is 14.8 Å². The summed E-state index contributed by atoms with van der Waals surface area (Å²) in [5, 5.41) is 24.3. The molecule has 0 heterocycles. The van der Waals surface area contributed by atoms with Gasteiger partial charge in [0.05, 0.1) is 6.10 Å². The third-order valence-electron chi connectivity index (χ3n) is 5.13. The lowest BCUT2D eigenvalue weighted by molar-refractivity contribution is -0.133. The third kappa shape index (κ3) is 8.05. The van der Waals surface area contributed by atoms with Gasteiger partial charge in [0.2, 0.25) is 0 Å². The number of carbonyl (C=O) groups excluding carboxylic acids is 2. The number of aliphatic hydroxyl groups excluding tert-OH is 1. The van der Waals surface area contributed by atoms with Gasteiger partial charge in [-0.15, -0.1) is 0 Å². The number of rotatable bonds is 12. The summed E-state index contributed by atoms with van der Waals surface area (Å²) < 4.78 is 0. The van der Waals surface area contributed by atoms with E-state index in [4.69, 9.17) is 5.21 Å². The van der Waals surface area contributed by atoms with Crippen LogP contribution in [0.15, 0.2) is 48.5 Å². The number of amides is 2. The Morgan fingerprint density at radius 1 is 0.969 bits per heavy atom. The van der Waals surface area contributed by atoms with Gasteiger partial charge in [-0.1, -0.05) is 36.4 Å². The van der Waals surface area contributed by atoms with Crippen LogP contribution in [0.25, 0.3) is 11.1 Å². The number of unbranched alkanes of at least 4 members (excludes halogenated alkanes) is 1. The molecule has 0 saturated heterocycles. The van der Waals surface area contributed by atoms with Gasteiger partial charge in [0, 0.05) is 12.1 Å². The van der Waals surface area contributed by atoms with Crippen LogP contribution in [0.5, 0.6) is 0 Å². The average molecular weight is 443 g/mol. The van der Waals surface area contributed by atoms with Crippen molar-refractivity contribution in [3.8, 4) is 11.1 Å². The van der Waals surface area contributed by atoms with Gasteiger partial charge in [0.25, 0.3) is 11.8 Å². The minimum atomic E-state index is -1.25. The normalized spacial score (nSPS) is 12.9. The van der Waals surface area contributed by atoms with E-state index in [0.717, 1.165) is 37.2 Å². The molecule has 2 amide bonds. The van der Waals surface area contributed by atoms with Crippen LogP contribution < -0.4 is 16.1 Å². The van der Waals surface area contributed by atoms with Crippen LogP contribution >= 0.6 is 0 Å². The maximum absolute atomic E-state index is 12.4. The van der Waals surface area contributed by atoms with E-state index < -0.39 is 24.0 Å². The highest BCUT2D eigenvalue weighted by atomic mass is 16.5. The van der Waals surface area contributed by atoms with Crippen LogP contribution in [0.3, 0.4) is 0 Å². The quantitative estimate of drug-likeness (QED) is 0.195. The molecule has 2 atom stereocenters. The first-order valence-electron chi connectivity index (χ1n) is 10.8. The highest BCUT2D eigenvalue weighted by molar-refractivity contribution is 5.97. The van der Waals surface area contributed by atoms with Crippen molar-refractivity contribution in [2.75, 3.05) is 27.2 Å². The molecule has 8 nitrogen and oxygen atoms in total. The monoisotopic (exact) mass is 442 g/mol. The van der Waals surface area contributed by atoms with Crippen molar-refractivity contribution >= 4 is 11.8 Å². The predicted octanol–water partition coefficient (Wildman–Crippen LogP) is 1.77. The molecule has 0 radical (unpaired) electrons. The molecule has 0 saturated carbocycles. The molecule has 0 bridgehead atoms. The Morgan fingerprint density at radius 3 is 2.09 bits per heavy atom. The van der Waals surface area contributed by atoms with E-state index in [2.05, 4.69) is 41.8 Å². The first-order valence-corrected chi connectivity index (χ1v) is 10.8. The van der Waals surface area contributed by atoms with Crippen LogP contribution in [0.2, 0.25) is 0 Å². The van der Waals surface area contributed by atoms with E-state index in [1.807, 2.05) is 24.3 Å². The molecular formula is C24H34N4O4. The molecule has 2 rings (SSSR count). The molecule has 8 heteroatoms. The fourth-order valence-corrected chi connectivity index (χ4v) is 3.24. The fourth-order valence-electron chi connectivity index (χ4n) is 3.24. The van der Waals surface area contributed by atoms with E-state index in [1.54, 1.807) is 12.1 Å². The van der Waals surface area contributed by atoms with Crippen LogP contribution in [0.1, 0.15) is 35.7 Å². The standard InChI is InChI=1S/C24H34N4O4/c1-17(29)22(24(31)27-32)26-23(30)21-12-10-20(11-13-21)19-8-6-18(7-9-19)16-25-14-4-5-15-28(2)3/h6-13,17,22,25,29,32H,4-5,14-16H2,1-3H3,(H,26,30)(H,27,31)/t17-,22+/m1/s1. The Kier molecular flexibility index (Phi) is 10.3. The van der Waals surface area contributed by atoms with Gasteiger partial charge in [-0.25, -0.2) is 5.48 Å². The van der Waals surface area contributed by atoms with E-state index in [1.165, 1.54) is 24.4 Å². The molecule has 174 valence electrons. The number of hydrogen-bond acceptors (Lipinski definition) is 6. The van der Waals surface area contributed by atoms with E-state index in [0.29, 0.717) is 5.56 Å². The first-order chi connectivity index (χ1) is 15.3. The van der Waals surface area contributed by atoms with Crippen molar-refractivity contribution in [1.82, 2.24) is 21.0 Å². The zero-order valence-electron chi connectivity index (χ0n) is 19.0. The topological polar surface area (TPSA) is 114 Å². The minimum absolute atomic E-state index is 0.347. The SMILES string of the molecule is C[C@@H](O)[C@H](NC(=O)c1ccc(-c2ccc(CNCCCCN(C)C)cc2)cc1)C(=O)NO. The average Bonchev–Trinajstić information content (AvgIpc) is 2.79. The van der Waals surface area contributed by atoms with Crippen molar-refractivity contribution < 1.29 is 19.9 Å². The molecule has 0 aliphatic rings. The maximum atomic E-state index is 12.4. The zero-order valence-corrected chi connectivity index (χ0v) is 19.0. The summed E-state index contributed by atoms with van der Waals surface area (Å²) in [4.78, 5) is 26.2. The van der Waals surface area contributed by atoms with Gasteiger partial charge < -0.3 is 20.6 Å². The molecule has 0 aliphatic carbocycles. The summed E-state index contributed by atoms with van der Waals surface area (Å²) in [6.07, 6.45) is 1.18. The van der Waals surface area contributed by atoms with Crippen LogP contribution in [-0.2, 0) is 11.3 Å². The van der Waals surface area contributed by atoms with Crippen molar-refractivity contribution in [3.05, 3.63) is 59.7 Å². The third-order valence-corrected chi connectivity index (χ3v) is 5.13. The smallest absolute Gasteiger partial charge is 0.268 e. The van der Waals surface area contributed by atoms with Gasteiger partial charge >= 0.3 is 0 Å². The second-order valence-electron chi connectivity index (χ2n) is 8.13. The molecule has 0 unspecified atom stereocenters. The Balaban J connectivity index is 1.89. The lowest BCUT2D eigenvalue weighted by Crippen LogP contribution is -2.51. The predicted molar refractivity (Wildman–Crippen MR) is 124 cm³/mol. The fraction of sp³-hybridized carbons (Fsp3) is 0.417. The van der Waals surface area contributed by atoms with Gasteiger partial charge in [0.1, 0.15) is 6.04 Å². The molecule has 0 aliphatic heterocycles. The number of nitrogens with zero attached hydrogens (tertiary/aromatic N) is 1. The second-order valence-corrected chi connectivity index (χ2v) is 8.13. The minimum Gasteiger partial charge on any atom is -0.391 e. The second kappa shape index (κ2) is 12.9. The Bertz CT molecular complexity index is 851. The van der Waals surface area contributed by atoms with Crippen molar-refractivity contribution in [1.29, 1.82) is 0 Å². The highest BCUT2D eigenvalue weighted by Gasteiger charge is 2.25. The Morgan fingerprint density at radius 2 is 1.56 bits per heavy atom. The molecule has 32 heavy (non-hydrogen) atoms. The maximum Gasteiger partial charge on any atom is 0.268 e. The Hall–Kier alpha value is -2.78. The number of hydrogen-bond donors (Lipinski definition) is 5. The number of hydroxylamine groups is 1. The van der Waals surface area contributed by atoms with E-state index in [-0.39, 0.29) is 0 Å². The summed E-state index contributed by atoms with van der Waals surface area (Å²) in [6, 6.07) is 14.0. The van der Waals surface area contributed by atoms with Crippen molar-refractivity contribution in [2.24, 2.45) is 0 Å². The summed E-state index contributed by atoms with van der Waals surface area (Å²) in [5.41, 5.74) is 5.00. The largest absolute Gasteiger partial charge is 0.391 e. The molecule has 2 aromatic carbocycles. The summed E-state index contributed by atoms with van der Waals surface area (Å²) in [7, 11) is 4.17. The molecule has 0 aromatic heterocycles. The van der Waals surface area contributed by atoms with E-state index >= 15 is 0 Å². The molecule has 0 fully saturated rings. The summed E-state index contributed by atoms with van der Waals surface area (Å²) in [6.45, 7) is 4.28.